The Balaban J connectivity index is 1.33. The van der Waals surface area contributed by atoms with Crippen LogP contribution in [-0.2, 0) is 16.0 Å². The topological polar surface area (TPSA) is 68.0 Å². The van der Waals surface area contributed by atoms with Gasteiger partial charge in [0.25, 0.3) is 0 Å². The fourth-order valence-corrected chi connectivity index (χ4v) is 3.99. The Morgan fingerprint density at radius 1 is 1.21 bits per heavy atom. The highest BCUT2D eigenvalue weighted by molar-refractivity contribution is 5.78. The van der Waals surface area contributed by atoms with Crippen LogP contribution in [0.3, 0.4) is 0 Å². The number of hydrogen-bond acceptors (Lipinski definition) is 6. The first-order valence-electron chi connectivity index (χ1n) is 10.4. The van der Waals surface area contributed by atoms with E-state index in [-0.39, 0.29) is 11.8 Å². The van der Waals surface area contributed by atoms with Gasteiger partial charge >= 0.3 is 0 Å². The number of nitrogens with zero attached hydrogens (tertiary/aromatic N) is 3. The Hall–Kier alpha value is -2.38. The second-order valence-corrected chi connectivity index (χ2v) is 7.76. The Kier molecular flexibility index (Phi) is 6.46. The number of carbonyl (C=O) groups excluding carboxylic acids is 1. The van der Waals surface area contributed by atoms with Crippen LogP contribution in [0.15, 0.2) is 34.9 Å². The van der Waals surface area contributed by atoms with E-state index in [9.17, 15) is 4.79 Å². The molecule has 1 aromatic carbocycles. The number of carbonyl (C=O) groups is 1. The van der Waals surface area contributed by atoms with E-state index in [4.69, 9.17) is 13.9 Å². The lowest BCUT2D eigenvalue weighted by atomic mass is 9.98. The lowest BCUT2D eigenvalue weighted by Crippen LogP contribution is -2.47. The number of methoxy groups -OCH3 is 1. The quantitative estimate of drug-likeness (QED) is 0.743. The van der Waals surface area contributed by atoms with Gasteiger partial charge < -0.3 is 18.8 Å². The molecule has 2 aromatic rings. The number of amides is 1. The van der Waals surface area contributed by atoms with Gasteiger partial charge in [-0.15, -0.1) is 0 Å². The lowest BCUT2D eigenvalue weighted by Gasteiger charge is -2.34. The Morgan fingerprint density at radius 3 is 2.76 bits per heavy atom. The van der Waals surface area contributed by atoms with E-state index in [0.29, 0.717) is 32.7 Å². The molecule has 2 aliphatic heterocycles. The number of hydrogen-bond donors (Lipinski definition) is 0. The highest BCUT2D eigenvalue weighted by Crippen LogP contribution is 2.27. The first-order chi connectivity index (χ1) is 14.2. The third-order valence-electron chi connectivity index (χ3n) is 5.69. The molecule has 0 unspecified atom stereocenters. The molecule has 0 N–H and O–H groups in total. The molecule has 2 aliphatic rings. The van der Waals surface area contributed by atoms with Crippen molar-refractivity contribution in [3.8, 4) is 5.75 Å². The molecule has 2 saturated heterocycles. The van der Waals surface area contributed by atoms with E-state index < -0.39 is 0 Å². The summed E-state index contributed by atoms with van der Waals surface area (Å²) in [5.41, 5.74) is 1.15. The maximum absolute atomic E-state index is 12.7. The summed E-state index contributed by atoms with van der Waals surface area (Å²) in [6, 6.07) is 7.97. The van der Waals surface area contributed by atoms with Gasteiger partial charge in [-0.3, -0.25) is 9.69 Å². The monoisotopic (exact) mass is 399 g/mol. The molecule has 0 spiro atoms. The molecule has 0 bridgehead atoms. The van der Waals surface area contributed by atoms with Gasteiger partial charge in [0.05, 0.1) is 39.0 Å². The zero-order chi connectivity index (χ0) is 20.1. The van der Waals surface area contributed by atoms with Gasteiger partial charge in [0, 0.05) is 32.6 Å². The van der Waals surface area contributed by atoms with Gasteiger partial charge in [-0.05, 0) is 30.5 Å². The molecule has 7 heteroatoms. The van der Waals surface area contributed by atoms with Crippen molar-refractivity contribution in [1.29, 1.82) is 0 Å². The number of rotatable bonds is 6. The molecule has 29 heavy (non-hydrogen) atoms. The second kappa shape index (κ2) is 9.41. The van der Waals surface area contributed by atoms with Crippen molar-refractivity contribution in [3.05, 3.63) is 47.7 Å². The summed E-state index contributed by atoms with van der Waals surface area (Å²) in [6.45, 7) is 5.07. The van der Waals surface area contributed by atoms with Crippen molar-refractivity contribution in [1.82, 2.24) is 14.8 Å². The van der Waals surface area contributed by atoms with Gasteiger partial charge in [0.1, 0.15) is 11.5 Å². The van der Waals surface area contributed by atoms with Crippen molar-refractivity contribution in [2.24, 2.45) is 0 Å². The largest absolute Gasteiger partial charge is 0.497 e. The van der Waals surface area contributed by atoms with Gasteiger partial charge in [-0.1, -0.05) is 12.1 Å². The highest BCUT2D eigenvalue weighted by Gasteiger charge is 2.28. The summed E-state index contributed by atoms with van der Waals surface area (Å²) in [7, 11) is 1.66. The molecule has 1 atom stereocenters. The van der Waals surface area contributed by atoms with Crippen LogP contribution in [0.5, 0.6) is 5.75 Å². The van der Waals surface area contributed by atoms with Crippen molar-refractivity contribution >= 4 is 5.91 Å². The molecule has 0 radical (unpaired) electrons. The van der Waals surface area contributed by atoms with E-state index in [0.717, 1.165) is 55.4 Å². The van der Waals surface area contributed by atoms with Crippen molar-refractivity contribution in [2.45, 2.75) is 25.2 Å². The number of likely N-dealkylation sites (tertiary alicyclic amines) is 1. The van der Waals surface area contributed by atoms with Crippen LogP contribution in [0, 0.1) is 0 Å². The van der Waals surface area contributed by atoms with E-state index in [1.165, 1.54) is 0 Å². The van der Waals surface area contributed by atoms with Gasteiger partial charge in [-0.2, -0.15) is 0 Å². The molecular weight excluding hydrogens is 370 g/mol. The smallest absolute Gasteiger partial charge is 0.236 e. The zero-order valence-corrected chi connectivity index (χ0v) is 17.0. The van der Waals surface area contributed by atoms with Gasteiger partial charge in [0.15, 0.2) is 5.89 Å². The minimum Gasteiger partial charge on any atom is -0.497 e. The molecule has 1 aromatic heterocycles. The summed E-state index contributed by atoms with van der Waals surface area (Å²) in [4.78, 5) is 21.4. The molecule has 0 aliphatic carbocycles. The third kappa shape index (κ3) is 5.16. The van der Waals surface area contributed by atoms with E-state index in [1.54, 1.807) is 7.11 Å². The summed E-state index contributed by atoms with van der Waals surface area (Å²) in [6.07, 6.45) is 4.50. The standard InChI is InChI=1S/C22H29N3O4/c1-27-19-6-4-17(5-7-19)13-20-14-23-22(29-20)18-3-2-8-25(15-18)21(26)16-24-9-11-28-12-10-24/h4-7,14,18H,2-3,8-13,15-16H2,1H3/t18-/m1/s1. The zero-order valence-electron chi connectivity index (χ0n) is 17.0. The van der Waals surface area contributed by atoms with Crippen LogP contribution >= 0.6 is 0 Å². The number of morpholine rings is 1. The molecule has 3 heterocycles. The predicted molar refractivity (Wildman–Crippen MR) is 108 cm³/mol. The SMILES string of the molecule is COc1ccc(Cc2cnc([C@@H]3CCCN(C(=O)CN4CCOCC4)C3)o2)cc1. The second-order valence-electron chi connectivity index (χ2n) is 7.76. The van der Waals surface area contributed by atoms with Crippen molar-refractivity contribution < 1.29 is 18.7 Å². The van der Waals surface area contributed by atoms with E-state index in [1.807, 2.05) is 35.4 Å². The maximum Gasteiger partial charge on any atom is 0.236 e. The lowest BCUT2D eigenvalue weighted by molar-refractivity contribution is -0.134. The van der Waals surface area contributed by atoms with E-state index >= 15 is 0 Å². The molecular formula is C22H29N3O4. The van der Waals surface area contributed by atoms with Crippen LogP contribution < -0.4 is 4.74 Å². The third-order valence-corrected chi connectivity index (χ3v) is 5.69. The number of piperidine rings is 1. The Labute approximate surface area is 171 Å². The molecule has 156 valence electrons. The number of oxazole rings is 1. The number of ether oxygens (including phenoxy) is 2. The van der Waals surface area contributed by atoms with Crippen LogP contribution in [0.25, 0.3) is 0 Å². The van der Waals surface area contributed by atoms with Crippen LogP contribution in [0.2, 0.25) is 0 Å². The first-order valence-corrected chi connectivity index (χ1v) is 10.4. The Morgan fingerprint density at radius 2 is 2.00 bits per heavy atom. The molecule has 2 fully saturated rings. The van der Waals surface area contributed by atoms with Gasteiger partial charge in [-0.25, -0.2) is 4.98 Å². The average Bonchev–Trinajstić information content (AvgIpc) is 3.24. The van der Waals surface area contributed by atoms with Crippen LogP contribution in [0.1, 0.15) is 36.0 Å². The molecule has 4 rings (SSSR count). The summed E-state index contributed by atoms with van der Waals surface area (Å²) < 4.78 is 16.6. The molecule has 7 nitrogen and oxygen atoms in total. The fraction of sp³-hybridized carbons (Fsp3) is 0.545. The van der Waals surface area contributed by atoms with Gasteiger partial charge in [0.2, 0.25) is 5.91 Å². The normalized spacial score (nSPS) is 20.6. The average molecular weight is 399 g/mol. The van der Waals surface area contributed by atoms with E-state index in [2.05, 4.69) is 9.88 Å². The minimum absolute atomic E-state index is 0.169. The number of aromatic nitrogens is 1. The highest BCUT2D eigenvalue weighted by atomic mass is 16.5. The first kappa shape index (κ1) is 19.9. The van der Waals surface area contributed by atoms with Crippen LogP contribution in [0.4, 0.5) is 0 Å². The number of benzene rings is 1. The maximum atomic E-state index is 12.7. The minimum atomic E-state index is 0.169. The summed E-state index contributed by atoms with van der Waals surface area (Å²) in [5.74, 6) is 2.80. The van der Waals surface area contributed by atoms with Crippen molar-refractivity contribution in [2.75, 3.05) is 53.0 Å². The Bertz CT molecular complexity index is 799. The summed E-state index contributed by atoms with van der Waals surface area (Å²) >= 11 is 0. The predicted octanol–water partition coefficient (Wildman–Crippen LogP) is 2.31. The van der Waals surface area contributed by atoms with Crippen molar-refractivity contribution in [3.63, 3.8) is 0 Å². The summed E-state index contributed by atoms with van der Waals surface area (Å²) in [5, 5.41) is 0. The molecule has 0 saturated carbocycles. The van der Waals surface area contributed by atoms with Crippen LogP contribution in [-0.4, -0.2) is 73.7 Å². The molecule has 1 amide bonds. The fourth-order valence-electron chi connectivity index (χ4n) is 3.99.